The van der Waals surface area contributed by atoms with E-state index in [1.807, 2.05) is 24.3 Å². The van der Waals surface area contributed by atoms with Crippen LogP contribution in [0.5, 0.6) is 11.5 Å². The highest BCUT2D eigenvalue weighted by molar-refractivity contribution is 7.99. The molecule has 5 nitrogen and oxygen atoms in total. The first-order valence-electron chi connectivity index (χ1n) is 9.43. The van der Waals surface area contributed by atoms with Gasteiger partial charge in [-0.05, 0) is 73.2 Å². The normalized spacial score (nSPS) is 13.1. The number of nitrogens with zero attached hydrogens (tertiary/aromatic N) is 2. The molecule has 150 valence electrons. The van der Waals surface area contributed by atoms with Gasteiger partial charge < -0.3 is 15.2 Å². The smallest absolute Gasteiger partial charge is 0.221 e. The second kappa shape index (κ2) is 8.51. The van der Waals surface area contributed by atoms with Crippen LogP contribution < -0.4 is 15.2 Å². The van der Waals surface area contributed by atoms with Crippen molar-refractivity contribution in [1.82, 2.24) is 9.97 Å². The summed E-state index contributed by atoms with van der Waals surface area (Å²) >= 11 is 8.05. The average molecular weight is 428 g/mol. The Bertz CT molecular complexity index is 1060. The number of aromatic nitrogens is 2. The van der Waals surface area contributed by atoms with Crippen molar-refractivity contribution in [1.29, 1.82) is 0 Å². The van der Waals surface area contributed by atoms with Gasteiger partial charge in [0.25, 0.3) is 0 Å². The molecule has 2 N–H and O–H groups in total. The van der Waals surface area contributed by atoms with Gasteiger partial charge in [0.15, 0.2) is 0 Å². The fourth-order valence-electron chi connectivity index (χ4n) is 3.56. The molecule has 0 unspecified atom stereocenters. The quantitative estimate of drug-likeness (QED) is 0.547. The number of methoxy groups -OCH3 is 2. The van der Waals surface area contributed by atoms with Gasteiger partial charge in [-0.2, -0.15) is 0 Å². The van der Waals surface area contributed by atoms with Crippen LogP contribution in [0.4, 0.5) is 5.95 Å². The molecular weight excluding hydrogens is 406 g/mol. The lowest BCUT2D eigenvalue weighted by Gasteiger charge is -2.18. The highest BCUT2D eigenvalue weighted by atomic mass is 35.5. The van der Waals surface area contributed by atoms with E-state index >= 15 is 0 Å². The molecule has 7 heteroatoms. The zero-order valence-corrected chi connectivity index (χ0v) is 17.9. The summed E-state index contributed by atoms with van der Waals surface area (Å²) < 4.78 is 10.8. The summed E-state index contributed by atoms with van der Waals surface area (Å²) in [6, 6.07) is 11.8. The van der Waals surface area contributed by atoms with Crippen molar-refractivity contribution in [3.63, 3.8) is 0 Å². The van der Waals surface area contributed by atoms with Crippen molar-refractivity contribution in [2.75, 3.05) is 20.0 Å². The number of nitrogens with two attached hydrogens (primary N) is 1. The molecule has 0 saturated heterocycles. The fraction of sp³-hybridized carbons (Fsp3) is 0.273. The first kappa shape index (κ1) is 19.9. The number of aryl methyl sites for hydroxylation is 2. The monoisotopic (exact) mass is 427 g/mol. The molecule has 0 saturated carbocycles. The van der Waals surface area contributed by atoms with Crippen LogP contribution in [0, 0.1) is 0 Å². The van der Waals surface area contributed by atoms with Crippen molar-refractivity contribution in [3.05, 3.63) is 52.5 Å². The molecule has 0 amide bonds. The molecule has 1 aliphatic carbocycles. The molecule has 4 rings (SSSR count). The molecule has 0 aliphatic heterocycles. The maximum absolute atomic E-state index is 6.60. The van der Waals surface area contributed by atoms with E-state index in [1.54, 1.807) is 14.2 Å². The van der Waals surface area contributed by atoms with Gasteiger partial charge in [-0.25, -0.2) is 9.97 Å². The van der Waals surface area contributed by atoms with Crippen LogP contribution in [0.25, 0.3) is 11.3 Å². The van der Waals surface area contributed by atoms with Gasteiger partial charge in [0.2, 0.25) is 5.95 Å². The number of rotatable bonds is 5. The van der Waals surface area contributed by atoms with E-state index in [0.717, 1.165) is 40.5 Å². The van der Waals surface area contributed by atoms with Gasteiger partial charge in [0.05, 0.1) is 29.8 Å². The predicted octanol–water partition coefficient (Wildman–Crippen LogP) is 5.43. The molecular formula is C22H22ClN3O2S. The summed E-state index contributed by atoms with van der Waals surface area (Å²) in [5.74, 6) is 1.69. The molecule has 29 heavy (non-hydrogen) atoms. The third-order valence-electron chi connectivity index (χ3n) is 5.01. The summed E-state index contributed by atoms with van der Waals surface area (Å²) in [7, 11) is 3.27. The van der Waals surface area contributed by atoms with Crippen LogP contribution >= 0.6 is 23.4 Å². The number of hydrogen-bond acceptors (Lipinski definition) is 6. The van der Waals surface area contributed by atoms with Crippen molar-refractivity contribution in [3.8, 4) is 22.8 Å². The highest BCUT2D eigenvalue weighted by Crippen LogP contribution is 2.39. The second-order valence-corrected chi connectivity index (χ2v) is 8.35. The Labute approximate surface area is 179 Å². The Morgan fingerprint density at radius 3 is 2.45 bits per heavy atom. The minimum Gasteiger partial charge on any atom is -0.497 e. The van der Waals surface area contributed by atoms with Crippen LogP contribution in [0.3, 0.4) is 0 Å². The van der Waals surface area contributed by atoms with E-state index in [-0.39, 0.29) is 5.95 Å². The van der Waals surface area contributed by atoms with Crippen molar-refractivity contribution < 1.29 is 9.47 Å². The first-order chi connectivity index (χ1) is 14.1. The Balaban J connectivity index is 1.73. The average Bonchev–Trinajstić information content (AvgIpc) is 2.72. The van der Waals surface area contributed by atoms with Gasteiger partial charge in [-0.15, -0.1) is 0 Å². The van der Waals surface area contributed by atoms with Gasteiger partial charge in [0, 0.05) is 5.56 Å². The Kier molecular flexibility index (Phi) is 5.83. The zero-order valence-electron chi connectivity index (χ0n) is 16.4. The van der Waals surface area contributed by atoms with Gasteiger partial charge >= 0.3 is 0 Å². The van der Waals surface area contributed by atoms with Crippen LogP contribution in [0.2, 0.25) is 5.02 Å². The number of hydrogen-bond donors (Lipinski definition) is 1. The summed E-state index contributed by atoms with van der Waals surface area (Å²) in [5, 5.41) is 1.41. The van der Waals surface area contributed by atoms with E-state index in [2.05, 4.69) is 22.1 Å². The number of halogens is 1. The van der Waals surface area contributed by atoms with Crippen LogP contribution in [0.15, 0.2) is 46.3 Å². The largest absolute Gasteiger partial charge is 0.497 e. The van der Waals surface area contributed by atoms with E-state index in [9.17, 15) is 0 Å². The SMILES string of the molecule is COc1ccc(OC)c(Sc2cc(-c3cc4c(cc3Cl)CCCC4)nc(N)n2)c1. The molecule has 0 radical (unpaired) electrons. The predicted molar refractivity (Wildman–Crippen MR) is 117 cm³/mol. The molecule has 0 fully saturated rings. The standard InChI is InChI=1S/C22H22ClN3O2S/c1-27-15-7-8-19(28-2)20(11-15)29-21-12-18(25-22(24)26-21)16-9-13-5-3-4-6-14(13)10-17(16)23/h7-12H,3-6H2,1-2H3,(H2,24,25,26). The molecule has 2 aromatic carbocycles. The third-order valence-corrected chi connectivity index (χ3v) is 6.28. The number of nitrogen functional groups attached to an aromatic ring is 1. The van der Waals surface area contributed by atoms with Crippen molar-refractivity contribution in [2.24, 2.45) is 0 Å². The lowest BCUT2D eigenvalue weighted by Crippen LogP contribution is -2.04. The number of fused-ring (bicyclic) bond motifs is 1. The van der Waals surface area contributed by atoms with Crippen LogP contribution in [-0.4, -0.2) is 24.2 Å². The molecule has 0 bridgehead atoms. The molecule has 1 heterocycles. The fourth-order valence-corrected chi connectivity index (χ4v) is 4.81. The zero-order chi connectivity index (χ0) is 20.4. The molecule has 1 aromatic heterocycles. The minimum atomic E-state index is 0.209. The van der Waals surface area contributed by atoms with Crippen molar-refractivity contribution in [2.45, 2.75) is 35.6 Å². The maximum Gasteiger partial charge on any atom is 0.221 e. The highest BCUT2D eigenvalue weighted by Gasteiger charge is 2.16. The Morgan fingerprint density at radius 2 is 1.72 bits per heavy atom. The van der Waals surface area contributed by atoms with Crippen molar-refractivity contribution >= 4 is 29.3 Å². The number of ether oxygens (including phenoxy) is 2. The minimum absolute atomic E-state index is 0.209. The van der Waals surface area contributed by atoms with Crippen LogP contribution in [0.1, 0.15) is 24.0 Å². The Morgan fingerprint density at radius 1 is 0.966 bits per heavy atom. The molecule has 0 atom stereocenters. The summed E-state index contributed by atoms with van der Waals surface area (Å²) in [4.78, 5) is 9.72. The van der Waals surface area contributed by atoms with E-state index in [4.69, 9.17) is 26.8 Å². The second-order valence-electron chi connectivity index (χ2n) is 6.88. The molecule has 3 aromatic rings. The van der Waals surface area contributed by atoms with Gasteiger partial charge in [0.1, 0.15) is 16.5 Å². The van der Waals surface area contributed by atoms with E-state index < -0.39 is 0 Å². The molecule has 1 aliphatic rings. The number of benzene rings is 2. The third kappa shape index (κ3) is 4.28. The summed E-state index contributed by atoms with van der Waals surface area (Å²) in [5.41, 5.74) is 10.3. The van der Waals surface area contributed by atoms with Gasteiger partial charge in [-0.3, -0.25) is 0 Å². The topological polar surface area (TPSA) is 70.3 Å². The lowest BCUT2D eigenvalue weighted by molar-refractivity contribution is 0.394. The summed E-state index contributed by atoms with van der Waals surface area (Å²) in [6.45, 7) is 0. The van der Waals surface area contributed by atoms with Crippen LogP contribution in [-0.2, 0) is 12.8 Å². The molecule has 0 spiro atoms. The first-order valence-corrected chi connectivity index (χ1v) is 10.6. The van der Waals surface area contributed by atoms with E-state index in [0.29, 0.717) is 10.0 Å². The summed E-state index contributed by atoms with van der Waals surface area (Å²) in [6.07, 6.45) is 4.57. The number of anilines is 1. The van der Waals surface area contributed by atoms with Gasteiger partial charge in [-0.1, -0.05) is 23.4 Å². The van der Waals surface area contributed by atoms with E-state index in [1.165, 1.54) is 35.7 Å². The maximum atomic E-state index is 6.60. The lowest BCUT2D eigenvalue weighted by atomic mass is 9.90. The Hall–Kier alpha value is -2.44.